The molecule has 1 aliphatic heterocycles. The molecule has 0 fully saturated rings. The third kappa shape index (κ3) is 0.556. The number of hydrogen-bond acceptors (Lipinski definition) is 2. The van der Waals surface area contributed by atoms with E-state index in [0.717, 1.165) is 5.69 Å². The van der Waals surface area contributed by atoms with Crippen molar-refractivity contribution in [3.8, 4) is 0 Å². The van der Waals surface area contributed by atoms with Crippen molar-refractivity contribution < 1.29 is 9.80 Å². The van der Waals surface area contributed by atoms with Crippen LogP contribution in [0.2, 0.25) is 0 Å². The zero-order valence-corrected chi connectivity index (χ0v) is 5.11. The standard InChI is InChI=1S/C6H5N3O/c7-9-6-4-2-1-3-5(6)8-10-9/h1-4,8H. The van der Waals surface area contributed by atoms with E-state index in [-0.39, 0.29) is 0 Å². The van der Waals surface area contributed by atoms with Crippen LogP contribution in [-0.4, -0.2) is 4.86 Å². The molecule has 0 saturated carbocycles. The van der Waals surface area contributed by atoms with Gasteiger partial charge < -0.3 is 5.53 Å². The van der Waals surface area contributed by atoms with Crippen LogP contribution in [0.4, 0.5) is 11.4 Å². The molecule has 0 radical (unpaired) electrons. The maximum atomic E-state index is 8.93. The number of fused-ring (bicyclic) bond motifs is 1. The molecule has 4 nitrogen and oxygen atoms in total. The molecule has 0 spiro atoms. The van der Waals surface area contributed by atoms with Crippen molar-refractivity contribution in [2.24, 2.45) is 0 Å². The Morgan fingerprint density at radius 1 is 1.40 bits per heavy atom. The van der Waals surface area contributed by atoms with Crippen LogP contribution in [0.1, 0.15) is 0 Å². The summed E-state index contributed by atoms with van der Waals surface area (Å²) >= 11 is 0. The normalized spacial score (nSPS) is 13.8. The predicted molar refractivity (Wildman–Crippen MR) is 34.4 cm³/mol. The summed E-state index contributed by atoms with van der Waals surface area (Å²) < 4.78 is 0. The van der Waals surface area contributed by atoms with E-state index < -0.39 is 0 Å². The van der Waals surface area contributed by atoms with E-state index in [1.54, 1.807) is 6.07 Å². The van der Waals surface area contributed by atoms with Gasteiger partial charge in [-0.1, -0.05) is 12.1 Å². The zero-order valence-electron chi connectivity index (χ0n) is 5.11. The second-order valence-electron chi connectivity index (χ2n) is 1.98. The largest absolute Gasteiger partial charge is 0.441 e. The number of hydrogen-bond donors (Lipinski definition) is 1. The van der Waals surface area contributed by atoms with Gasteiger partial charge in [0, 0.05) is 6.07 Å². The first-order valence-corrected chi connectivity index (χ1v) is 2.89. The molecule has 1 aliphatic rings. The third-order valence-corrected chi connectivity index (χ3v) is 1.35. The lowest BCUT2D eigenvalue weighted by atomic mass is 10.3. The molecular weight excluding hydrogens is 130 g/mol. The summed E-state index contributed by atoms with van der Waals surface area (Å²) in [6.45, 7) is 0. The maximum Gasteiger partial charge on any atom is 0.273 e. The van der Waals surface area contributed by atoms with Crippen LogP contribution < -0.4 is 5.48 Å². The zero-order chi connectivity index (χ0) is 6.97. The van der Waals surface area contributed by atoms with E-state index in [1.165, 1.54) is 0 Å². The van der Waals surface area contributed by atoms with E-state index >= 15 is 0 Å². The Morgan fingerprint density at radius 2 is 2.20 bits per heavy atom. The van der Waals surface area contributed by atoms with Crippen molar-refractivity contribution in [1.29, 1.82) is 0 Å². The molecule has 50 valence electrons. The third-order valence-electron chi connectivity index (χ3n) is 1.35. The Balaban J connectivity index is 2.61. The minimum absolute atomic E-state index is 0.627. The lowest BCUT2D eigenvalue weighted by Crippen LogP contribution is -1.95. The molecule has 0 amide bonds. The average Bonchev–Trinajstić information content (AvgIpc) is 2.34. The fourth-order valence-corrected chi connectivity index (χ4v) is 0.868. The molecule has 1 aromatic rings. The van der Waals surface area contributed by atoms with Gasteiger partial charge in [0.15, 0.2) is 5.69 Å². The summed E-state index contributed by atoms with van der Waals surface area (Å²) in [7, 11) is 0. The fourth-order valence-electron chi connectivity index (χ4n) is 0.868. The lowest BCUT2D eigenvalue weighted by Gasteiger charge is -1.87. The Bertz CT molecular complexity index is 284. The van der Waals surface area contributed by atoms with Crippen LogP contribution in [0.5, 0.6) is 0 Å². The summed E-state index contributed by atoms with van der Waals surface area (Å²) in [4.78, 5) is 5.25. The molecule has 10 heavy (non-hydrogen) atoms. The van der Waals surface area contributed by atoms with E-state index in [2.05, 4.69) is 10.4 Å². The summed E-state index contributed by atoms with van der Waals surface area (Å²) in [6.07, 6.45) is 0. The van der Waals surface area contributed by atoms with Gasteiger partial charge in [0.25, 0.3) is 5.69 Å². The quantitative estimate of drug-likeness (QED) is 0.549. The first-order chi connectivity index (χ1) is 4.88. The molecule has 0 saturated heterocycles. The van der Waals surface area contributed by atoms with Crippen LogP contribution in [0.15, 0.2) is 24.3 Å². The Labute approximate surface area is 57.4 Å². The highest BCUT2D eigenvalue weighted by Gasteiger charge is 2.19. The van der Waals surface area contributed by atoms with Gasteiger partial charge in [-0.25, -0.2) is 0 Å². The molecule has 1 heterocycles. The minimum Gasteiger partial charge on any atom is -0.441 e. The lowest BCUT2D eigenvalue weighted by molar-refractivity contribution is -0.726. The smallest absolute Gasteiger partial charge is 0.273 e. The van der Waals surface area contributed by atoms with Gasteiger partial charge in [-0.2, -0.15) is 5.48 Å². The molecule has 0 aromatic heterocycles. The Hall–Kier alpha value is -1.58. The second-order valence-corrected chi connectivity index (χ2v) is 1.98. The number of nitrogens with one attached hydrogen (secondary N) is 1. The van der Waals surface area contributed by atoms with Crippen LogP contribution in [0, 0.1) is 0 Å². The first kappa shape index (κ1) is 5.22. The highest BCUT2D eigenvalue weighted by molar-refractivity contribution is 5.60. The minimum atomic E-state index is 0.627. The van der Waals surface area contributed by atoms with Gasteiger partial charge in [0.2, 0.25) is 0 Å². The van der Waals surface area contributed by atoms with E-state index in [9.17, 15) is 0 Å². The molecular formula is C6H5N3O. The van der Waals surface area contributed by atoms with Crippen molar-refractivity contribution in [3.05, 3.63) is 29.8 Å². The Kier molecular flexibility index (Phi) is 0.887. The van der Waals surface area contributed by atoms with Gasteiger partial charge in [0.05, 0.1) is 0 Å². The van der Waals surface area contributed by atoms with Crippen molar-refractivity contribution in [3.63, 3.8) is 0 Å². The van der Waals surface area contributed by atoms with E-state index in [4.69, 9.17) is 5.53 Å². The maximum absolute atomic E-state index is 8.93. The summed E-state index contributed by atoms with van der Waals surface area (Å²) in [5, 5.41) is 0. The number of benzene rings is 1. The first-order valence-electron chi connectivity index (χ1n) is 2.89. The molecule has 1 aromatic carbocycles. The highest BCUT2D eigenvalue weighted by atomic mass is 16.8. The summed E-state index contributed by atoms with van der Waals surface area (Å²) in [5.41, 5.74) is 12.9. The Morgan fingerprint density at radius 3 is 3.00 bits per heavy atom. The molecule has 0 atom stereocenters. The predicted octanol–water partition coefficient (Wildman–Crippen LogP) is 1.62. The van der Waals surface area contributed by atoms with E-state index in [1.807, 2.05) is 18.2 Å². The molecule has 0 aliphatic carbocycles. The number of para-hydroxylation sites is 2. The second kappa shape index (κ2) is 1.70. The monoisotopic (exact) mass is 135 g/mol. The molecule has 0 bridgehead atoms. The molecule has 2 rings (SSSR count). The van der Waals surface area contributed by atoms with Gasteiger partial charge in [0.1, 0.15) is 0 Å². The van der Waals surface area contributed by atoms with Crippen LogP contribution >= 0.6 is 0 Å². The highest BCUT2D eigenvalue weighted by Crippen LogP contribution is 2.28. The van der Waals surface area contributed by atoms with Gasteiger partial charge in [-0.05, 0) is 10.9 Å². The SMILES string of the molecule is [N-]=[N+]1ONc2ccccc21. The summed E-state index contributed by atoms with van der Waals surface area (Å²) in [6, 6.07) is 7.23. The molecule has 1 N–H and O–H groups in total. The van der Waals surface area contributed by atoms with Crippen LogP contribution in [0.25, 0.3) is 5.53 Å². The van der Waals surface area contributed by atoms with Gasteiger partial charge in [-0.15, -0.1) is 4.94 Å². The fraction of sp³-hybridized carbons (Fsp3) is 0. The topological polar surface area (TPSA) is 46.6 Å². The number of rotatable bonds is 0. The van der Waals surface area contributed by atoms with Crippen molar-refractivity contribution in [2.45, 2.75) is 0 Å². The van der Waals surface area contributed by atoms with Crippen LogP contribution in [-0.2, 0) is 4.94 Å². The van der Waals surface area contributed by atoms with Crippen LogP contribution in [0.3, 0.4) is 0 Å². The average molecular weight is 135 g/mol. The van der Waals surface area contributed by atoms with Crippen molar-refractivity contribution in [2.75, 3.05) is 5.48 Å². The number of nitrogens with zero attached hydrogens (tertiary/aromatic N) is 2. The van der Waals surface area contributed by atoms with Gasteiger partial charge in [-0.3, -0.25) is 0 Å². The molecule has 4 heteroatoms. The summed E-state index contributed by atoms with van der Waals surface area (Å²) in [5.74, 6) is 0. The van der Waals surface area contributed by atoms with E-state index in [0.29, 0.717) is 10.5 Å². The number of anilines is 1. The van der Waals surface area contributed by atoms with Crippen molar-refractivity contribution in [1.82, 2.24) is 0 Å². The van der Waals surface area contributed by atoms with Gasteiger partial charge >= 0.3 is 0 Å². The molecule has 0 unspecified atom stereocenters. The van der Waals surface area contributed by atoms with Crippen molar-refractivity contribution >= 4 is 11.4 Å².